The van der Waals surface area contributed by atoms with Gasteiger partial charge in [0.25, 0.3) is 5.91 Å². The van der Waals surface area contributed by atoms with Crippen molar-refractivity contribution in [2.75, 3.05) is 19.8 Å². The number of phenols is 1. The summed E-state index contributed by atoms with van der Waals surface area (Å²) in [5, 5.41) is 15.2. The Kier molecular flexibility index (Phi) is 9.04. The van der Waals surface area contributed by atoms with E-state index >= 15 is 0 Å². The minimum absolute atomic E-state index is 0.113. The number of phenolic OH excluding ortho intramolecular Hbond substituents is 1. The Morgan fingerprint density at radius 1 is 1.09 bits per heavy atom. The number of aryl methyl sites for hydroxylation is 1. The summed E-state index contributed by atoms with van der Waals surface area (Å²) in [6.45, 7) is 5.78. The fourth-order valence-corrected chi connectivity index (χ4v) is 4.21. The fourth-order valence-electron chi connectivity index (χ4n) is 3.51. The van der Waals surface area contributed by atoms with Crippen LogP contribution in [-0.2, 0) is 16.1 Å². The number of nitrogens with zero attached hydrogens (tertiary/aromatic N) is 1. The van der Waals surface area contributed by atoms with E-state index in [-0.39, 0.29) is 23.8 Å². The number of benzene rings is 2. The molecular weight excluding hydrogens is 436 g/mol. The van der Waals surface area contributed by atoms with Gasteiger partial charge in [-0.15, -0.1) is 11.3 Å². The van der Waals surface area contributed by atoms with Crippen LogP contribution < -0.4 is 5.32 Å². The highest BCUT2D eigenvalue weighted by Gasteiger charge is 2.33. The van der Waals surface area contributed by atoms with Crippen molar-refractivity contribution in [3.63, 3.8) is 0 Å². The third kappa shape index (κ3) is 6.66. The van der Waals surface area contributed by atoms with Crippen molar-refractivity contribution in [2.45, 2.75) is 32.9 Å². The number of ether oxygens (including phenoxy) is 1. The highest BCUT2D eigenvalue weighted by molar-refractivity contribution is 7.09. The van der Waals surface area contributed by atoms with Gasteiger partial charge in [0.05, 0.1) is 12.1 Å². The summed E-state index contributed by atoms with van der Waals surface area (Å²) in [7, 11) is 0. The van der Waals surface area contributed by atoms with E-state index in [0.717, 1.165) is 10.4 Å². The smallest absolute Gasteiger partial charge is 0.258 e. The summed E-state index contributed by atoms with van der Waals surface area (Å²) in [5.41, 5.74) is 1.94. The number of amides is 2. The Morgan fingerprint density at radius 2 is 1.85 bits per heavy atom. The number of para-hydroxylation sites is 1. The normalized spacial score (nSPS) is 11.7. The fraction of sp³-hybridized carbons (Fsp3) is 0.308. The van der Waals surface area contributed by atoms with Crippen LogP contribution in [0.15, 0.2) is 66.0 Å². The van der Waals surface area contributed by atoms with Crippen LogP contribution in [0.1, 0.15) is 45.7 Å². The third-order valence-corrected chi connectivity index (χ3v) is 6.08. The second kappa shape index (κ2) is 12.2. The first-order valence-corrected chi connectivity index (χ1v) is 11.9. The van der Waals surface area contributed by atoms with Crippen molar-refractivity contribution in [3.8, 4) is 5.75 Å². The molecule has 3 rings (SSSR count). The van der Waals surface area contributed by atoms with Gasteiger partial charge in [-0.2, -0.15) is 0 Å². The Bertz CT molecular complexity index is 1030. The summed E-state index contributed by atoms with van der Waals surface area (Å²) in [5.74, 6) is -0.786. The largest absolute Gasteiger partial charge is 0.507 e. The molecule has 3 aromatic rings. The van der Waals surface area contributed by atoms with E-state index in [9.17, 15) is 14.7 Å². The first-order chi connectivity index (χ1) is 16.0. The predicted molar refractivity (Wildman–Crippen MR) is 130 cm³/mol. The second-order valence-electron chi connectivity index (χ2n) is 7.68. The van der Waals surface area contributed by atoms with Crippen LogP contribution in [0, 0.1) is 6.92 Å². The van der Waals surface area contributed by atoms with Gasteiger partial charge in [0, 0.05) is 24.6 Å². The molecule has 0 unspecified atom stereocenters. The van der Waals surface area contributed by atoms with E-state index in [0.29, 0.717) is 31.7 Å². The van der Waals surface area contributed by atoms with Crippen molar-refractivity contribution < 1.29 is 19.4 Å². The number of carbonyl (C=O) groups excluding carboxylic acids is 2. The van der Waals surface area contributed by atoms with Crippen molar-refractivity contribution in [1.82, 2.24) is 10.2 Å². The molecule has 0 saturated carbocycles. The number of nitrogens with one attached hydrogen (secondary N) is 1. The van der Waals surface area contributed by atoms with E-state index in [1.54, 1.807) is 18.2 Å². The van der Waals surface area contributed by atoms with Gasteiger partial charge in [0.1, 0.15) is 11.8 Å². The molecule has 2 aromatic carbocycles. The summed E-state index contributed by atoms with van der Waals surface area (Å²) in [6.07, 6.45) is 0.679. The summed E-state index contributed by atoms with van der Waals surface area (Å²) >= 11 is 1.52. The van der Waals surface area contributed by atoms with Crippen molar-refractivity contribution in [1.29, 1.82) is 0 Å². The molecule has 0 saturated heterocycles. The first-order valence-electron chi connectivity index (χ1n) is 11.0. The molecule has 0 bridgehead atoms. The van der Waals surface area contributed by atoms with Crippen LogP contribution >= 0.6 is 11.3 Å². The number of aromatic hydroxyl groups is 1. The van der Waals surface area contributed by atoms with Crippen LogP contribution in [0.4, 0.5) is 0 Å². The molecule has 0 aliphatic heterocycles. The molecule has 1 aromatic heterocycles. The van der Waals surface area contributed by atoms with Gasteiger partial charge in [0.15, 0.2) is 0 Å². The van der Waals surface area contributed by atoms with Crippen LogP contribution in [0.5, 0.6) is 5.75 Å². The Labute approximate surface area is 198 Å². The molecule has 6 nitrogen and oxygen atoms in total. The number of hydrogen-bond donors (Lipinski definition) is 2. The quantitative estimate of drug-likeness (QED) is 0.402. The van der Waals surface area contributed by atoms with E-state index < -0.39 is 11.9 Å². The summed E-state index contributed by atoms with van der Waals surface area (Å²) < 4.78 is 5.36. The highest BCUT2D eigenvalue weighted by atomic mass is 32.1. The van der Waals surface area contributed by atoms with Gasteiger partial charge in [-0.3, -0.25) is 9.59 Å². The number of hydrogen-bond acceptors (Lipinski definition) is 5. The summed E-state index contributed by atoms with van der Waals surface area (Å²) in [4.78, 5) is 29.6. The first kappa shape index (κ1) is 24.5. The zero-order valence-corrected chi connectivity index (χ0v) is 19.8. The SMILES string of the molecule is CCOCCCNC(=O)[C@H](c1ccc(C)cc1)N(Cc1cccs1)C(=O)c1ccccc1O. The monoisotopic (exact) mass is 466 g/mol. The molecule has 1 atom stereocenters. The number of carbonyl (C=O) groups is 2. The standard InChI is InChI=1S/C26H30N2O4S/c1-3-32-16-7-15-27-25(30)24(20-13-11-19(2)12-14-20)28(18-21-8-6-17-33-21)26(31)22-9-4-5-10-23(22)29/h4-6,8-14,17,24,29H,3,7,15-16,18H2,1-2H3,(H,27,30)/t24-/m0/s1. The van der Waals surface area contributed by atoms with Gasteiger partial charge in [-0.05, 0) is 49.4 Å². The zero-order chi connectivity index (χ0) is 23.6. The topological polar surface area (TPSA) is 78.9 Å². The summed E-state index contributed by atoms with van der Waals surface area (Å²) in [6, 6.07) is 17.0. The maximum absolute atomic E-state index is 13.7. The molecule has 2 amide bonds. The molecule has 2 N–H and O–H groups in total. The molecule has 7 heteroatoms. The highest BCUT2D eigenvalue weighted by Crippen LogP contribution is 2.29. The number of rotatable bonds is 11. The van der Waals surface area contributed by atoms with E-state index in [4.69, 9.17) is 4.74 Å². The predicted octanol–water partition coefficient (Wildman–Crippen LogP) is 4.69. The molecule has 0 fully saturated rings. The second-order valence-corrected chi connectivity index (χ2v) is 8.72. The van der Waals surface area contributed by atoms with Crippen molar-refractivity contribution in [3.05, 3.63) is 87.6 Å². The molecule has 174 valence electrons. The van der Waals surface area contributed by atoms with Crippen molar-refractivity contribution in [2.24, 2.45) is 0 Å². The van der Waals surface area contributed by atoms with E-state index in [2.05, 4.69) is 5.32 Å². The molecule has 0 aliphatic carbocycles. The maximum atomic E-state index is 13.7. The Balaban J connectivity index is 1.96. The molecule has 0 spiro atoms. The molecule has 0 aliphatic rings. The van der Waals surface area contributed by atoms with Gasteiger partial charge in [0.2, 0.25) is 5.91 Å². The van der Waals surface area contributed by atoms with Crippen LogP contribution in [0.2, 0.25) is 0 Å². The Hall–Kier alpha value is -3.16. The van der Waals surface area contributed by atoms with Gasteiger partial charge < -0.3 is 20.1 Å². The molecule has 1 heterocycles. The van der Waals surface area contributed by atoms with Crippen LogP contribution in [0.3, 0.4) is 0 Å². The van der Waals surface area contributed by atoms with Crippen LogP contribution in [-0.4, -0.2) is 41.6 Å². The van der Waals surface area contributed by atoms with Gasteiger partial charge in [-0.1, -0.05) is 48.0 Å². The van der Waals surface area contributed by atoms with Crippen LogP contribution in [0.25, 0.3) is 0 Å². The molecule has 0 radical (unpaired) electrons. The van der Waals surface area contributed by atoms with Crippen molar-refractivity contribution >= 4 is 23.2 Å². The number of thiophene rings is 1. The van der Waals surface area contributed by atoms with Gasteiger partial charge in [-0.25, -0.2) is 0 Å². The average molecular weight is 467 g/mol. The lowest BCUT2D eigenvalue weighted by molar-refractivity contribution is -0.126. The molecule has 33 heavy (non-hydrogen) atoms. The zero-order valence-electron chi connectivity index (χ0n) is 19.0. The maximum Gasteiger partial charge on any atom is 0.258 e. The lowest BCUT2D eigenvalue weighted by atomic mass is 10.0. The Morgan fingerprint density at radius 3 is 2.52 bits per heavy atom. The average Bonchev–Trinajstić information content (AvgIpc) is 3.33. The van der Waals surface area contributed by atoms with E-state index in [1.165, 1.54) is 22.3 Å². The van der Waals surface area contributed by atoms with E-state index in [1.807, 2.05) is 55.6 Å². The lowest BCUT2D eigenvalue weighted by Crippen LogP contribution is -2.43. The molecular formula is C26H30N2O4S. The minimum Gasteiger partial charge on any atom is -0.507 e. The third-order valence-electron chi connectivity index (χ3n) is 5.22. The minimum atomic E-state index is -0.855. The van der Waals surface area contributed by atoms with Gasteiger partial charge >= 0.3 is 0 Å². The lowest BCUT2D eigenvalue weighted by Gasteiger charge is -2.31.